The van der Waals surface area contributed by atoms with Crippen molar-refractivity contribution in [2.75, 3.05) is 13.7 Å². The second-order valence-corrected chi connectivity index (χ2v) is 4.08. The fourth-order valence-corrected chi connectivity index (χ4v) is 2.11. The molecule has 0 fully saturated rings. The molecule has 0 aliphatic rings. The van der Waals surface area contributed by atoms with Gasteiger partial charge in [-0.05, 0) is 34.5 Å². The Labute approximate surface area is 96.2 Å². The Morgan fingerprint density at radius 1 is 1.67 bits per heavy atom. The molecule has 5 heteroatoms. The highest BCUT2D eigenvalue weighted by Crippen LogP contribution is 2.35. The molecular formula is C10H13BrFNO2. The molecule has 0 spiro atoms. The molecule has 1 rings (SSSR count). The van der Waals surface area contributed by atoms with Crippen LogP contribution < -0.4 is 10.5 Å². The minimum absolute atomic E-state index is 0.201. The largest absolute Gasteiger partial charge is 0.495 e. The Bertz CT molecular complexity index is 371. The molecule has 0 amide bonds. The standard InChI is InChI=1S/C10H13BrFNO2/c1-5-3-6(11)10(15-2)8(9(5)12)7(13)4-14/h3,7,14H,4,13H2,1-2H3. The van der Waals surface area contributed by atoms with Crippen LogP contribution in [0, 0.1) is 12.7 Å². The summed E-state index contributed by atoms with van der Waals surface area (Å²) in [5, 5.41) is 8.95. The van der Waals surface area contributed by atoms with Crippen molar-refractivity contribution < 1.29 is 14.2 Å². The van der Waals surface area contributed by atoms with Gasteiger partial charge in [-0.15, -0.1) is 0 Å². The Morgan fingerprint density at radius 2 is 2.27 bits per heavy atom. The number of benzene rings is 1. The van der Waals surface area contributed by atoms with Crippen LogP contribution in [0.3, 0.4) is 0 Å². The van der Waals surface area contributed by atoms with Crippen LogP contribution in [-0.2, 0) is 0 Å². The second-order valence-electron chi connectivity index (χ2n) is 3.23. The third-order valence-corrected chi connectivity index (χ3v) is 2.75. The van der Waals surface area contributed by atoms with Crippen molar-refractivity contribution in [2.24, 2.45) is 5.73 Å². The fourth-order valence-electron chi connectivity index (χ4n) is 1.39. The zero-order valence-electron chi connectivity index (χ0n) is 8.55. The average molecular weight is 278 g/mol. The monoisotopic (exact) mass is 277 g/mol. The van der Waals surface area contributed by atoms with Crippen LogP contribution in [0.1, 0.15) is 17.2 Å². The number of methoxy groups -OCH3 is 1. The summed E-state index contributed by atoms with van der Waals surface area (Å²) in [5.41, 5.74) is 6.28. The van der Waals surface area contributed by atoms with Gasteiger partial charge in [-0.25, -0.2) is 4.39 Å². The molecule has 1 aromatic carbocycles. The second kappa shape index (κ2) is 4.92. The van der Waals surface area contributed by atoms with Gasteiger partial charge < -0.3 is 15.6 Å². The van der Waals surface area contributed by atoms with E-state index in [1.54, 1.807) is 13.0 Å². The molecule has 84 valence electrons. The first kappa shape index (κ1) is 12.4. The van der Waals surface area contributed by atoms with Crippen LogP contribution in [0.25, 0.3) is 0 Å². The molecule has 0 aliphatic heterocycles. The Hall–Kier alpha value is -0.650. The van der Waals surface area contributed by atoms with E-state index in [-0.39, 0.29) is 12.2 Å². The first-order valence-corrected chi connectivity index (χ1v) is 5.21. The van der Waals surface area contributed by atoms with E-state index in [4.69, 9.17) is 15.6 Å². The molecule has 1 unspecified atom stereocenters. The summed E-state index contributed by atoms with van der Waals surface area (Å²) < 4.78 is 19.5. The first-order valence-electron chi connectivity index (χ1n) is 4.41. The van der Waals surface area contributed by atoms with E-state index in [1.807, 2.05) is 0 Å². The predicted molar refractivity (Wildman–Crippen MR) is 59.4 cm³/mol. The van der Waals surface area contributed by atoms with Gasteiger partial charge in [0.25, 0.3) is 0 Å². The highest BCUT2D eigenvalue weighted by molar-refractivity contribution is 9.10. The molecule has 1 aromatic rings. The summed E-state index contributed by atoms with van der Waals surface area (Å²) in [7, 11) is 1.43. The lowest BCUT2D eigenvalue weighted by atomic mass is 10.0. The molecule has 0 radical (unpaired) electrons. The lowest BCUT2D eigenvalue weighted by Crippen LogP contribution is -2.18. The van der Waals surface area contributed by atoms with Crippen molar-refractivity contribution in [1.82, 2.24) is 0 Å². The fraction of sp³-hybridized carbons (Fsp3) is 0.400. The molecule has 0 saturated carbocycles. The molecule has 0 saturated heterocycles. The molecule has 0 aromatic heterocycles. The van der Waals surface area contributed by atoms with Gasteiger partial charge in [0.2, 0.25) is 0 Å². The number of hydrogen-bond donors (Lipinski definition) is 2. The van der Waals surface area contributed by atoms with Crippen LogP contribution in [0.2, 0.25) is 0 Å². The van der Waals surface area contributed by atoms with Crippen molar-refractivity contribution in [1.29, 1.82) is 0 Å². The SMILES string of the molecule is COc1c(Br)cc(C)c(F)c1C(N)CO. The summed E-state index contributed by atoms with van der Waals surface area (Å²) in [4.78, 5) is 0. The number of aliphatic hydroxyl groups excluding tert-OH is 1. The predicted octanol–water partition coefficient (Wildman–Crippen LogP) is 1.90. The van der Waals surface area contributed by atoms with E-state index >= 15 is 0 Å². The normalized spacial score (nSPS) is 12.7. The van der Waals surface area contributed by atoms with E-state index in [9.17, 15) is 4.39 Å². The van der Waals surface area contributed by atoms with E-state index in [0.29, 0.717) is 15.8 Å². The topological polar surface area (TPSA) is 55.5 Å². The van der Waals surface area contributed by atoms with Gasteiger partial charge in [0.15, 0.2) is 0 Å². The molecule has 3 nitrogen and oxygen atoms in total. The van der Waals surface area contributed by atoms with Gasteiger partial charge in [0.05, 0.1) is 29.8 Å². The van der Waals surface area contributed by atoms with Crippen LogP contribution in [0.5, 0.6) is 5.75 Å². The number of aliphatic hydroxyl groups is 1. The van der Waals surface area contributed by atoms with Gasteiger partial charge in [-0.3, -0.25) is 0 Å². The van der Waals surface area contributed by atoms with Crippen molar-refractivity contribution in [3.63, 3.8) is 0 Å². The number of nitrogens with two attached hydrogens (primary N) is 1. The van der Waals surface area contributed by atoms with Crippen LogP contribution in [0.15, 0.2) is 10.5 Å². The van der Waals surface area contributed by atoms with E-state index in [2.05, 4.69) is 15.9 Å². The van der Waals surface area contributed by atoms with Crippen molar-refractivity contribution in [2.45, 2.75) is 13.0 Å². The third-order valence-electron chi connectivity index (χ3n) is 2.16. The molecule has 3 N–H and O–H groups in total. The first-order chi connectivity index (χ1) is 7.02. The number of ether oxygens (including phenoxy) is 1. The third kappa shape index (κ3) is 2.30. The minimum Gasteiger partial charge on any atom is -0.495 e. The highest BCUT2D eigenvalue weighted by atomic mass is 79.9. The summed E-state index contributed by atoms with van der Waals surface area (Å²) in [5.74, 6) is -0.101. The van der Waals surface area contributed by atoms with Crippen LogP contribution >= 0.6 is 15.9 Å². The van der Waals surface area contributed by atoms with Gasteiger partial charge in [-0.2, -0.15) is 0 Å². The lowest BCUT2D eigenvalue weighted by Gasteiger charge is -2.17. The van der Waals surface area contributed by atoms with E-state index < -0.39 is 11.9 Å². The van der Waals surface area contributed by atoms with Crippen molar-refractivity contribution in [3.8, 4) is 5.75 Å². The molecular weight excluding hydrogens is 265 g/mol. The molecule has 0 heterocycles. The number of hydrogen-bond acceptors (Lipinski definition) is 3. The zero-order chi connectivity index (χ0) is 11.6. The Kier molecular flexibility index (Phi) is 4.07. The van der Waals surface area contributed by atoms with E-state index in [0.717, 1.165) is 0 Å². The minimum atomic E-state index is -0.781. The highest BCUT2D eigenvalue weighted by Gasteiger charge is 2.20. The number of rotatable bonds is 3. The zero-order valence-corrected chi connectivity index (χ0v) is 10.1. The molecule has 0 aliphatic carbocycles. The number of aryl methyl sites for hydroxylation is 1. The Morgan fingerprint density at radius 3 is 2.73 bits per heavy atom. The van der Waals surface area contributed by atoms with Crippen molar-refractivity contribution >= 4 is 15.9 Å². The van der Waals surface area contributed by atoms with Crippen molar-refractivity contribution in [3.05, 3.63) is 27.5 Å². The molecule has 0 bridgehead atoms. The maximum absolute atomic E-state index is 13.8. The average Bonchev–Trinajstić information content (AvgIpc) is 2.21. The lowest BCUT2D eigenvalue weighted by molar-refractivity contribution is 0.261. The van der Waals surface area contributed by atoms with Crippen LogP contribution in [0.4, 0.5) is 4.39 Å². The molecule has 15 heavy (non-hydrogen) atoms. The smallest absolute Gasteiger partial charge is 0.140 e. The van der Waals surface area contributed by atoms with Gasteiger partial charge in [0, 0.05) is 0 Å². The molecule has 1 atom stereocenters. The number of halogens is 2. The van der Waals surface area contributed by atoms with E-state index in [1.165, 1.54) is 7.11 Å². The quantitative estimate of drug-likeness (QED) is 0.887. The maximum atomic E-state index is 13.8. The summed E-state index contributed by atoms with van der Waals surface area (Å²) in [6.07, 6.45) is 0. The summed E-state index contributed by atoms with van der Waals surface area (Å²) >= 11 is 3.26. The van der Waals surface area contributed by atoms with Crippen LogP contribution in [-0.4, -0.2) is 18.8 Å². The van der Waals surface area contributed by atoms with Gasteiger partial charge in [-0.1, -0.05) is 0 Å². The Balaban J connectivity index is 3.43. The summed E-state index contributed by atoms with van der Waals surface area (Å²) in [6.45, 7) is 1.30. The summed E-state index contributed by atoms with van der Waals surface area (Å²) in [6, 6.07) is 0.832. The van der Waals surface area contributed by atoms with Gasteiger partial charge in [0.1, 0.15) is 11.6 Å². The maximum Gasteiger partial charge on any atom is 0.140 e. The van der Waals surface area contributed by atoms with Gasteiger partial charge >= 0.3 is 0 Å².